The SMILES string of the molecule is CCCCCC(=O)N1CCC(CCC(=O)O)CC1. The van der Waals surface area contributed by atoms with E-state index in [2.05, 4.69) is 6.92 Å². The summed E-state index contributed by atoms with van der Waals surface area (Å²) in [4.78, 5) is 24.3. The minimum atomic E-state index is -0.715. The van der Waals surface area contributed by atoms with Gasteiger partial charge in [0.05, 0.1) is 0 Å². The molecule has 1 N–H and O–H groups in total. The Morgan fingerprint density at radius 2 is 1.83 bits per heavy atom. The van der Waals surface area contributed by atoms with Gasteiger partial charge in [0, 0.05) is 25.9 Å². The van der Waals surface area contributed by atoms with E-state index in [4.69, 9.17) is 5.11 Å². The fraction of sp³-hybridized carbons (Fsp3) is 0.857. The summed E-state index contributed by atoms with van der Waals surface area (Å²) in [5.41, 5.74) is 0. The molecule has 1 saturated heterocycles. The molecular weight excluding hydrogens is 230 g/mol. The predicted octanol–water partition coefficient (Wildman–Crippen LogP) is 2.67. The first-order valence-corrected chi connectivity index (χ1v) is 7.13. The van der Waals surface area contributed by atoms with Gasteiger partial charge in [-0.1, -0.05) is 19.8 Å². The van der Waals surface area contributed by atoms with E-state index in [0.717, 1.165) is 51.6 Å². The van der Waals surface area contributed by atoms with Gasteiger partial charge < -0.3 is 10.0 Å². The standard InChI is InChI=1S/C14H25NO3/c1-2-3-4-5-13(16)15-10-8-12(9-11-15)6-7-14(17)18/h12H,2-11H2,1H3,(H,17,18). The minimum Gasteiger partial charge on any atom is -0.481 e. The van der Waals surface area contributed by atoms with Gasteiger partial charge in [-0.2, -0.15) is 0 Å². The van der Waals surface area contributed by atoms with E-state index in [0.29, 0.717) is 12.3 Å². The van der Waals surface area contributed by atoms with Crippen molar-refractivity contribution in [3.63, 3.8) is 0 Å². The third-order valence-corrected chi connectivity index (χ3v) is 3.73. The molecule has 104 valence electrons. The Kier molecular flexibility index (Phi) is 6.76. The second-order valence-corrected chi connectivity index (χ2v) is 5.21. The van der Waals surface area contributed by atoms with Crippen molar-refractivity contribution in [2.24, 2.45) is 5.92 Å². The highest BCUT2D eigenvalue weighted by Gasteiger charge is 2.22. The van der Waals surface area contributed by atoms with Crippen molar-refractivity contribution < 1.29 is 14.7 Å². The number of nitrogens with zero attached hydrogens (tertiary/aromatic N) is 1. The lowest BCUT2D eigenvalue weighted by atomic mass is 9.92. The summed E-state index contributed by atoms with van der Waals surface area (Å²) in [7, 11) is 0. The number of hydrogen-bond donors (Lipinski definition) is 1. The van der Waals surface area contributed by atoms with Crippen LogP contribution in [-0.4, -0.2) is 35.0 Å². The molecule has 1 aliphatic rings. The van der Waals surface area contributed by atoms with Gasteiger partial charge in [-0.3, -0.25) is 9.59 Å². The van der Waals surface area contributed by atoms with Crippen LogP contribution in [0.1, 0.15) is 58.3 Å². The van der Waals surface area contributed by atoms with Crippen LogP contribution in [0.5, 0.6) is 0 Å². The molecule has 0 saturated carbocycles. The molecular formula is C14H25NO3. The number of carbonyl (C=O) groups excluding carboxylic acids is 1. The molecule has 0 bridgehead atoms. The molecule has 4 heteroatoms. The van der Waals surface area contributed by atoms with Gasteiger partial charge in [0.15, 0.2) is 0 Å². The molecule has 1 fully saturated rings. The van der Waals surface area contributed by atoms with Crippen molar-refractivity contribution in [2.45, 2.75) is 58.3 Å². The first kappa shape index (κ1) is 15.0. The van der Waals surface area contributed by atoms with Gasteiger partial charge in [0.2, 0.25) is 5.91 Å². The number of carboxylic acid groups (broad SMARTS) is 1. The summed E-state index contributed by atoms with van der Waals surface area (Å²) in [5, 5.41) is 8.64. The number of aliphatic carboxylic acids is 1. The number of carbonyl (C=O) groups is 2. The molecule has 0 atom stereocenters. The Labute approximate surface area is 109 Å². The van der Waals surface area contributed by atoms with Crippen molar-refractivity contribution in [1.82, 2.24) is 4.90 Å². The largest absolute Gasteiger partial charge is 0.481 e. The number of hydrogen-bond acceptors (Lipinski definition) is 2. The topological polar surface area (TPSA) is 57.6 Å². The molecule has 0 aromatic carbocycles. The number of amides is 1. The minimum absolute atomic E-state index is 0.259. The Morgan fingerprint density at radius 1 is 1.17 bits per heavy atom. The van der Waals surface area contributed by atoms with E-state index >= 15 is 0 Å². The quantitative estimate of drug-likeness (QED) is 0.711. The van der Waals surface area contributed by atoms with Gasteiger partial charge >= 0.3 is 5.97 Å². The molecule has 1 aliphatic heterocycles. The molecule has 0 spiro atoms. The first-order chi connectivity index (χ1) is 8.63. The van der Waals surface area contributed by atoms with E-state index in [9.17, 15) is 9.59 Å². The Bertz CT molecular complexity index is 270. The van der Waals surface area contributed by atoms with Crippen LogP contribution in [0.15, 0.2) is 0 Å². The van der Waals surface area contributed by atoms with Gasteiger partial charge in [0.25, 0.3) is 0 Å². The fourth-order valence-electron chi connectivity index (χ4n) is 2.48. The van der Waals surface area contributed by atoms with Gasteiger partial charge in [0.1, 0.15) is 0 Å². The Balaban J connectivity index is 2.17. The zero-order chi connectivity index (χ0) is 13.4. The maximum atomic E-state index is 11.9. The lowest BCUT2D eigenvalue weighted by Gasteiger charge is -2.32. The molecule has 1 amide bonds. The van der Waals surface area contributed by atoms with Crippen LogP contribution in [0.4, 0.5) is 0 Å². The zero-order valence-electron chi connectivity index (χ0n) is 11.4. The zero-order valence-corrected chi connectivity index (χ0v) is 11.4. The number of piperidine rings is 1. The van der Waals surface area contributed by atoms with E-state index in [-0.39, 0.29) is 12.3 Å². The summed E-state index contributed by atoms with van der Waals surface area (Å²) in [5.74, 6) is 0.0500. The first-order valence-electron chi connectivity index (χ1n) is 7.13. The number of carboxylic acids is 1. The fourth-order valence-corrected chi connectivity index (χ4v) is 2.48. The van der Waals surface area contributed by atoms with Crippen LogP contribution in [0.3, 0.4) is 0 Å². The highest BCUT2D eigenvalue weighted by molar-refractivity contribution is 5.76. The van der Waals surface area contributed by atoms with E-state index in [1.807, 2.05) is 4.90 Å². The maximum Gasteiger partial charge on any atom is 0.303 e. The molecule has 1 rings (SSSR count). The molecule has 0 aromatic rings. The van der Waals surface area contributed by atoms with Crippen LogP contribution in [0.2, 0.25) is 0 Å². The summed E-state index contributed by atoms with van der Waals surface area (Å²) >= 11 is 0. The highest BCUT2D eigenvalue weighted by atomic mass is 16.4. The number of unbranched alkanes of at least 4 members (excludes halogenated alkanes) is 2. The third-order valence-electron chi connectivity index (χ3n) is 3.73. The average Bonchev–Trinajstić information content (AvgIpc) is 2.37. The van der Waals surface area contributed by atoms with Crippen LogP contribution in [0, 0.1) is 5.92 Å². The average molecular weight is 255 g/mol. The predicted molar refractivity (Wildman–Crippen MR) is 70.3 cm³/mol. The third kappa shape index (κ3) is 5.52. The van der Waals surface area contributed by atoms with Crippen molar-refractivity contribution in [2.75, 3.05) is 13.1 Å². The van der Waals surface area contributed by atoms with Crippen molar-refractivity contribution in [3.8, 4) is 0 Å². The molecule has 18 heavy (non-hydrogen) atoms. The van der Waals surface area contributed by atoms with E-state index in [1.54, 1.807) is 0 Å². The molecule has 4 nitrogen and oxygen atoms in total. The molecule has 0 aliphatic carbocycles. The van der Waals surface area contributed by atoms with Gasteiger partial charge in [-0.15, -0.1) is 0 Å². The summed E-state index contributed by atoms with van der Waals surface area (Å²) in [6.45, 7) is 3.77. The Hall–Kier alpha value is -1.06. The molecule has 0 radical (unpaired) electrons. The Morgan fingerprint density at radius 3 is 2.39 bits per heavy atom. The summed E-state index contributed by atoms with van der Waals surface area (Å²) in [6.07, 6.45) is 6.88. The smallest absolute Gasteiger partial charge is 0.303 e. The van der Waals surface area contributed by atoms with Gasteiger partial charge in [-0.05, 0) is 31.6 Å². The van der Waals surface area contributed by atoms with E-state index in [1.165, 1.54) is 0 Å². The second-order valence-electron chi connectivity index (χ2n) is 5.21. The van der Waals surface area contributed by atoms with E-state index < -0.39 is 5.97 Å². The highest BCUT2D eigenvalue weighted by Crippen LogP contribution is 2.22. The second kappa shape index (κ2) is 8.11. The summed E-state index contributed by atoms with van der Waals surface area (Å²) in [6, 6.07) is 0. The lowest BCUT2D eigenvalue weighted by Crippen LogP contribution is -2.38. The lowest BCUT2D eigenvalue weighted by molar-refractivity contribution is -0.138. The number of likely N-dealkylation sites (tertiary alicyclic amines) is 1. The van der Waals surface area contributed by atoms with Crippen molar-refractivity contribution in [3.05, 3.63) is 0 Å². The van der Waals surface area contributed by atoms with Crippen molar-refractivity contribution >= 4 is 11.9 Å². The van der Waals surface area contributed by atoms with Crippen LogP contribution in [-0.2, 0) is 9.59 Å². The monoisotopic (exact) mass is 255 g/mol. The van der Waals surface area contributed by atoms with Crippen LogP contribution >= 0.6 is 0 Å². The number of rotatable bonds is 7. The van der Waals surface area contributed by atoms with Crippen LogP contribution < -0.4 is 0 Å². The normalized spacial score (nSPS) is 16.8. The molecule has 0 aromatic heterocycles. The summed E-state index contributed by atoms with van der Waals surface area (Å²) < 4.78 is 0. The molecule has 1 heterocycles. The van der Waals surface area contributed by atoms with Crippen LogP contribution in [0.25, 0.3) is 0 Å². The van der Waals surface area contributed by atoms with Crippen molar-refractivity contribution in [1.29, 1.82) is 0 Å². The van der Waals surface area contributed by atoms with Gasteiger partial charge in [-0.25, -0.2) is 0 Å². The molecule has 0 unspecified atom stereocenters. The maximum absolute atomic E-state index is 11.9.